The van der Waals surface area contributed by atoms with Gasteiger partial charge in [-0.2, -0.15) is 0 Å². The maximum absolute atomic E-state index is 8.06. The molecule has 0 atom stereocenters. The van der Waals surface area contributed by atoms with Gasteiger partial charge in [0.15, 0.2) is 0 Å². The van der Waals surface area contributed by atoms with Crippen LogP contribution in [0.4, 0.5) is 0 Å². The van der Waals surface area contributed by atoms with Gasteiger partial charge in [0, 0.05) is 20.3 Å². The van der Waals surface area contributed by atoms with Crippen LogP contribution < -0.4 is 0 Å². The van der Waals surface area contributed by atoms with Gasteiger partial charge in [0.05, 0.1) is 0 Å². The molecule has 0 radical (unpaired) electrons. The van der Waals surface area contributed by atoms with Gasteiger partial charge in [-0.1, -0.05) is 35.9 Å². The summed E-state index contributed by atoms with van der Waals surface area (Å²) in [6.07, 6.45) is -0.167. The molecule has 1 rings (SSSR count). The van der Waals surface area contributed by atoms with Crippen LogP contribution in [0, 0.1) is 6.92 Å². The van der Waals surface area contributed by atoms with Gasteiger partial charge < -0.3 is 9.84 Å². The van der Waals surface area contributed by atoms with Crippen molar-refractivity contribution in [2.75, 3.05) is 14.2 Å². The van der Waals surface area contributed by atoms with Gasteiger partial charge in [-0.25, -0.2) is 0 Å². The molecule has 1 aromatic carbocycles. The molecule has 0 spiro atoms. The summed E-state index contributed by atoms with van der Waals surface area (Å²) in [5.41, 5.74) is 1.32. The molecule has 82 valence electrons. The molecule has 0 bridgehead atoms. The van der Waals surface area contributed by atoms with Crippen LogP contribution in [0.25, 0.3) is 0 Å². The maximum atomic E-state index is 8.06. The number of aryl methyl sites for hydroxylation is 1. The second-order valence-corrected chi connectivity index (χ2v) is 3.16. The number of aliphatic hydroxyl groups is 1. The maximum Gasteiger partial charge on any atom is 0.0483 e. The Morgan fingerprint density at radius 1 is 1.07 bits per heavy atom. The van der Waals surface area contributed by atoms with Crippen molar-refractivity contribution in [1.29, 1.82) is 0 Å². The molecule has 0 fully saturated rings. The number of ether oxygens (including phenoxy) is 1. The summed E-state index contributed by atoms with van der Waals surface area (Å²) in [7, 11) is 3.25. The van der Waals surface area contributed by atoms with Gasteiger partial charge in [0.25, 0.3) is 0 Å². The third-order valence-corrected chi connectivity index (χ3v) is 0.940. The van der Waals surface area contributed by atoms with Gasteiger partial charge in [0.2, 0.25) is 0 Å². The molecule has 0 aliphatic heterocycles. The third-order valence-electron chi connectivity index (χ3n) is 0.940. The number of rotatable bonds is 0. The van der Waals surface area contributed by atoms with E-state index in [1.54, 1.807) is 28.1 Å². The second kappa shape index (κ2) is 12.1. The van der Waals surface area contributed by atoms with Gasteiger partial charge in [-0.05, 0) is 20.8 Å². The van der Waals surface area contributed by atoms with Crippen molar-refractivity contribution in [1.82, 2.24) is 0 Å². The number of hydrogen-bond acceptors (Lipinski definition) is 2. The fourth-order valence-electron chi connectivity index (χ4n) is 0.534. The zero-order valence-corrected chi connectivity index (χ0v) is 9.82. The lowest BCUT2D eigenvalue weighted by Gasteiger charge is -1.82. The average molecular weight is 198 g/mol. The highest BCUT2D eigenvalue weighted by Crippen LogP contribution is 1.92. The molecule has 0 aliphatic carbocycles. The monoisotopic (exact) mass is 198 g/mol. The summed E-state index contributed by atoms with van der Waals surface area (Å²) < 4.78 is 4.25. The normalized spacial score (nSPS) is 8.21. The van der Waals surface area contributed by atoms with Crippen LogP contribution in [0.15, 0.2) is 30.3 Å². The minimum atomic E-state index is -0.167. The molecule has 1 N–H and O–H groups in total. The molecule has 0 saturated heterocycles. The number of methoxy groups -OCH3 is 1. The van der Waals surface area contributed by atoms with Crippen LogP contribution in [0.1, 0.15) is 19.4 Å². The summed E-state index contributed by atoms with van der Waals surface area (Å²) in [4.78, 5) is 0. The van der Waals surface area contributed by atoms with Crippen LogP contribution >= 0.6 is 0 Å². The van der Waals surface area contributed by atoms with E-state index in [4.69, 9.17) is 5.11 Å². The highest BCUT2D eigenvalue weighted by molar-refractivity contribution is 5.11. The van der Waals surface area contributed by atoms with E-state index in [-0.39, 0.29) is 6.10 Å². The summed E-state index contributed by atoms with van der Waals surface area (Å²) in [5, 5.41) is 8.06. The van der Waals surface area contributed by atoms with E-state index in [0.29, 0.717) is 0 Å². The first-order valence-electron chi connectivity index (χ1n) is 4.64. The quantitative estimate of drug-likeness (QED) is 0.694. The fraction of sp³-hybridized carbons (Fsp3) is 0.500. The Balaban J connectivity index is 0. The van der Waals surface area contributed by atoms with Crippen molar-refractivity contribution in [2.24, 2.45) is 0 Å². The molecule has 0 aliphatic rings. The fourth-order valence-corrected chi connectivity index (χ4v) is 0.534. The Kier molecular flexibility index (Phi) is 13.5. The molecule has 0 heterocycles. The lowest BCUT2D eigenvalue weighted by Crippen LogP contribution is -1.85. The van der Waals surface area contributed by atoms with Crippen LogP contribution in [0.5, 0.6) is 0 Å². The Labute approximate surface area is 87.5 Å². The van der Waals surface area contributed by atoms with E-state index in [1.165, 1.54) is 5.56 Å². The summed E-state index contributed by atoms with van der Waals surface area (Å²) in [6.45, 7) is 5.53. The average Bonchev–Trinajstić information content (AvgIpc) is 2.05. The summed E-state index contributed by atoms with van der Waals surface area (Å²) in [6, 6.07) is 10.3. The second-order valence-electron chi connectivity index (χ2n) is 3.16. The minimum Gasteiger partial charge on any atom is -0.394 e. The van der Waals surface area contributed by atoms with Crippen molar-refractivity contribution < 1.29 is 9.84 Å². The van der Waals surface area contributed by atoms with Crippen molar-refractivity contribution in [3.8, 4) is 0 Å². The van der Waals surface area contributed by atoms with Crippen LogP contribution in [-0.2, 0) is 4.74 Å². The zero-order chi connectivity index (χ0) is 11.4. The lowest BCUT2D eigenvalue weighted by molar-refractivity contribution is 0.216. The van der Waals surface area contributed by atoms with E-state index in [2.05, 4.69) is 23.8 Å². The van der Waals surface area contributed by atoms with E-state index < -0.39 is 0 Å². The largest absolute Gasteiger partial charge is 0.394 e. The summed E-state index contributed by atoms with van der Waals surface area (Å²) >= 11 is 0. The van der Waals surface area contributed by atoms with Crippen molar-refractivity contribution in [3.63, 3.8) is 0 Å². The third kappa shape index (κ3) is 22.5. The van der Waals surface area contributed by atoms with E-state index in [0.717, 1.165) is 0 Å². The SMILES string of the molecule is CC(C)O.COC.Cc1ccccc1. The number of aliphatic hydroxyl groups excluding tert-OH is 1. The molecule has 2 heteroatoms. The molecular formula is C12H22O2. The standard InChI is InChI=1S/C7H8.C3H8O.C2H6O/c1-7-5-3-2-4-6-7;1-3(2)4;1-3-2/h2-6H,1H3;3-4H,1-2H3;1-2H3. The topological polar surface area (TPSA) is 29.5 Å². The van der Waals surface area contributed by atoms with E-state index >= 15 is 0 Å². The molecule has 0 unspecified atom stereocenters. The predicted molar refractivity (Wildman–Crippen MR) is 61.5 cm³/mol. The first kappa shape index (κ1) is 15.6. The summed E-state index contributed by atoms with van der Waals surface area (Å²) in [5.74, 6) is 0. The molecule has 0 saturated carbocycles. The van der Waals surface area contributed by atoms with Gasteiger partial charge >= 0.3 is 0 Å². The van der Waals surface area contributed by atoms with Crippen molar-refractivity contribution in [3.05, 3.63) is 35.9 Å². The van der Waals surface area contributed by atoms with E-state index in [9.17, 15) is 0 Å². The first-order valence-corrected chi connectivity index (χ1v) is 4.64. The minimum absolute atomic E-state index is 0.167. The first-order chi connectivity index (χ1) is 6.54. The molecule has 14 heavy (non-hydrogen) atoms. The Morgan fingerprint density at radius 2 is 1.36 bits per heavy atom. The predicted octanol–water partition coefficient (Wildman–Crippen LogP) is 2.64. The molecule has 0 amide bonds. The Morgan fingerprint density at radius 3 is 1.50 bits per heavy atom. The molecule has 0 aromatic heterocycles. The van der Waals surface area contributed by atoms with Crippen LogP contribution in [-0.4, -0.2) is 25.4 Å². The smallest absolute Gasteiger partial charge is 0.0483 e. The van der Waals surface area contributed by atoms with E-state index in [1.807, 2.05) is 18.2 Å². The zero-order valence-electron chi connectivity index (χ0n) is 9.82. The number of hydrogen-bond donors (Lipinski definition) is 1. The van der Waals surface area contributed by atoms with Gasteiger partial charge in [0.1, 0.15) is 0 Å². The molecule has 2 nitrogen and oxygen atoms in total. The van der Waals surface area contributed by atoms with Crippen LogP contribution in [0.3, 0.4) is 0 Å². The number of benzene rings is 1. The van der Waals surface area contributed by atoms with Crippen LogP contribution in [0.2, 0.25) is 0 Å². The van der Waals surface area contributed by atoms with Gasteiger partial charge in [-0.15, -0.1) is 0 Å². The molecular weight excluding hydrogens is 176 g/mol. The van der Waals surface area contributed by atoms with Crippen molar-refractivity contribution >= 4 is 0 Å². The lowest BCUT2D eigenvalue weighted by atomic mass is 10.2. The Bertz CT molecular complexity index is 180. The molecule has 1 aromatic rings. The Hall–Kier alpha value is -0.860. The highest BCUT2D eigenvalue weighted by Gasteiger charge is 1.72. The highest BCUT2D eigenvalue weighted by atomic mass is 16.4. The van der Waals surface area contributed by atoms with Gasteiger partial charge in [-0.3, -0.25) is 0 Å². The van der Waals surface area contributed by atoms with Crippen molar-refractivity contribution in [2.45, 2.75) is 26.9 Å².